The summed E-state index contributed by atoms with van der Waals surface area (Å²) in [6.07, 6.45) is 0.643. The van der Waals surface area contributed by atoms with E-state index in [1.807, 2.05) is 0 Å². The molecule has 6 nitrogen and oxygen atoms in total. The minimum absolute atomic E-state index is 0.263. The minimum Gasteiger partial charge on any atom is -0.480 e. The Morgan fingerprint density at radius 2 is 1.25 bits per heavy atom. The molecule has 0 aliphatic heterocycles. The Morgan fingerprint density at radius 1 is 0.938 bits per heavy atom. The summed E-state index contributed by atoms with van der Waals surface area (Å²) in [4.78, 5) is 21.5. The van der Waals surface area contributed by atoms with Crippen molar-refractivity contribution in [3.8, 4) is 0 Å². The highest BCUT2D eigenvalue weighted by Gasteiger charge is 2.23. The third-order valence-corrected chi connectivity index (χ3v) is 4.87. The third kappa shape index (κ3) is 6.21. The van der Waals surface area contributed by atoms with E-state index in [-0.39, 0.29) is 13.1 Å². The molecule has 94 valence electrons. The fraction of sp³-hybridized carbons (Fsp3) is 0.750. The lowest BCUT2D eigenvalue weighted by Crippen LogP contribution is -2.23. The topological polar surface area (TPSA) is 127 Å². The molecule has 0 aromatic heterocycles. The van der Waals surface area contributed by atoms with Gasteiger partial charge in [0.05, 0.1) is 0 Å². The molecule has 0 aromatic rings. The van der Waals surface area contributed by atoms with Gasteiger partial charge in [-0.3, -0.25) is 9.59 Å². The zero-order valence-corrected chi connectivity index (χ0v) is 10.3. The summed E-state index contributed by atoms with van der Waals surface area (Å²) in [5.41, 5.74) is 10.5. The number of hydrogen-bond acceptors (Lipinski definition) is 6. The summed E-state index contributed by atoms with van der Waals surface area (Å²) in [5.74, 6) is -1.94. The Kier molecular flexibility index (Phi) is 8.44. The van der Waals surface area contributed by atoms with Crippen LogP contribution >= 0.6 is 21.6 Å². The van der Waals surface area contributed by atoms with Gasteiger partial charge in [-0.15, -0.1) is 0 Å². The summed E-state index contributed by atoms with van der Waals surface area (Å²) in [6.45, 7) is 0.526. The van der Waals surface area contributed by atoms with Gasteiger partial charge in [0.15, 0.2) is 0 Å². The molecule has 0 rings (SSSR count). The van der Waals surface area contributed by atoms with Gasteiger partial charge in [0.2, 0.25) is 0 Å². The minimum atomic E-state index is -0.972. The van der Waals surface area contributed by atoms with Crippen molar-refractivity contribution in [1.82, 2.24) is 0 Å². The second kappa shape index (κ2) is 8.68. The van der Waals surface area contributed by atoms with E-state index in [1.54, 1.807) is 0 Å². The Bertz CT molecular complexity index is 216. The van der Waals surface area contributed by atoms with E-state index in [4.69, 9.17) is 21.7 Å². The maximum atomic E-state index is 10.8. The summed E-state index contributed by atoms with van der Waals surface area (Å²) < 4.78 is 0. The molecule has 0 aliphatic rings. The summed E-state index contributed by atoms with van der Waals surface area (Å²) in [7, 11) is 2.06. The van der Waals surface area contributed by atoms with Crippen LogP contribution in [0.15, 0.2) is 0 Å². The van der Waals surface area contributed by atoms with Crippen LogP contribution in [0.5, 0.6) is 0 Å². The molecule has 0 spiro atoms. The Hall–Kier alpha value is -0.440. The summed E-state index contributed by atoms with van der Waals surface area (Å²) in [5, 5.41) is 16.3. The van der Waals surface area contributed by atoms with Crippen molar-refractivity contribution >= 4 is 33.5 Å². The number of carbonyl (C=O) groups is 2. The van der Waals surface area contributed by atoms with Crippen molar-refractivity contribution in [2.45, 2.75) is 23.3 Å². The van der Waals surface area contributed by atoms with Crippen LogP contribution in [0.1, 0.15) is 12.8 Å². The van der Waals surface area contributed by atoms with E-state index in [9.17, 15) is 9.59 Å². The molecule has 0 heterocycles. The number of carboxylic acid groups (broad SMARTS) is 2. The lowest BCUT2D eigenvalue weighted by molar-refractivity contribution is -0.137. The van der Waals surface area contributed by atoms with Crippen molar-refractivity contribution in [2.75, 3.05) is 13.1 Å². The second-order valence-corrected chi connectivity index (χ2v) is 5.68. The van der Waals surface area contributed by atoms with E-state index >= 15 is 0 Å². The Labute approximate surface area is 102 Å². The second-order valence-electron chi connectivity index (χ2n) is 3.00. The number of hydrogen-bond donors (Lipinski definition) is 4. The van der Waals surface area contributed by atoms with Gasteiger partial charge in [0.1, 0.15) is 10.5 Å². The molecule has 2 unspecified atom stereocenters. The van der Waals surface area contributed by atoms with Crippen LogP contribution in [-0.4, -0.2) is 45.7 Å². The van der Waals surface area contributed by atoms with E-state index in [1.165, 1.54) is 0 Å². The normalized spacial score (nSPS) is 14.4. The number of nitrogens with two attached hydrogens (primary N) is 2. The van der Waals surface area contributed by atoms with Gasteiger partial charge in [-0.05, 0) is 25.9 Å². The van der Waals surface area contributed by atoms with Crippen molar-refractivity contribution in [3.05, 3.63) is 0 Å². The van der Waals surface area contributed by atoms with Crippen LogP contribution in [0, 0.1) is 0 Å². The fourth-order valence-corrected chi connectivity index (χ4v) is 3.64. The molecule has 0 aromatic carbocycles. The predicted molar refractivity (Wildman–Crippen MR) is 65.4 cm³/mol. The van der Waals surface area contributed by atoms with Gasteiger partial charge in [-0.25, -0.2) is 0 Å². The van der Waals surface area contributed by atoms with E-state index in [2.05, 4.69) is 0 Å². The van der Waals surface area contributed by atoms with Crippen LogP contribution in [0.3, 0.4) is 0 Å². The fourth-order valence-electron chi connectivity index (χ4n) is 0.862. The number of rotatable bonds is 9. The molecule has 0 bridgehead atoms. The zero-order valence-electron chi connectivity index (χ0n) is 8.67. The first kappa shape index (κ1) is 15.6. The highest BCUT2D eigenvalue weighted by Crippen LogP contribution is 2.34. The molecule has 0 saturated carbocycles. The van der Waals surface area contributed by atoms with Crippen LogP contribution in [0.4, 0.5) is 0 Å². The van der Waals surface area contributed by atoms with Crippen molar-refractivity contribution in [3.63, 3.8) is 0 Å². The highest BCUT2D eigenvalue weighted by molar-refractivity contribution is 8.77. The van der Waals surface area contributed by atoms with Crippen molar-refractivity contribution in [1.29, 1.82) is 0 Å². The molecule has 0 amide bonds. The standard InChI is InChI=1S/C8H16N2O4S2/c9-3-1-5(7(11)12)15-16-6(2-4-10)8(13)14/h5-6H,1-4,9-10H2,(H,11,12)(H,13,14). The molecule has 16 heavy (non-hydrogen) atoms. The molecule has 0 radical (unpaired) electrons. The van der Waals surface area contributed by atoms with Crippen molar-refractivity contribution < 1.29 is 19.8 Å². The first-order valence-electron chi connectivity index (χ1n) is 4.70. The van der Waals surface area contributed by atoms with Gasteiger partial charge in [0, 0.05) is 0 Å². The van der Waals surface area contributed by atoms with Crippen LogP contribution in [0.2, 0.25) is 0 Å². The van der Waals surface area contributed by atoms with Gasteiger partial charge in [-0.1, -0.05) is 21.6 Å². The lowest BCUT2D eigenvalue weighted by atomic mass is 10.3. The molecular weight excluding hydrogens is 252 g/mol. The van der Waals surface area contributed by atoms with E-state index < -0.39 is 22.4 Å². The van der Waals surface area contributed by atoms with Crippen molar-refractivity contribution in [2.24, 2.45) is 11.5 Å². The summed E-state index contributed by atoms with van der Waals surface area (Å²) >= 11 is 0. The lowest BCUT2D eigenvalue weighted by Gasteiger charge is -2.13. The molecule has 0 aliphatic carbocycles. The number of aliphatic carboxylic acids is 2. The SMILES string of the molecule is NCCC(SSC(CCN)C(=O)O)C(=O)O. The van der Waals surface area contributed by atoms with Crippen LogP contribution in [-0.2, 0) is 9.59 Å². The molecular formula is C8H16N2O4S2. The quantitative estimate of drug-likeness (QED) is 0.429. The zero-order chi connectivity index (χ0) is 12.6. The monoisotopic (exact) mass is 268 g/mol. The van der Waals surface area contributed by atoms with Crippen LogP contribution < -0.4 is 11.5 Å². The average molecular weight is 268 g/mol. The number of carboxylic acids is 2. The Balaban J connectivity index is 4.14. The molecule has 0 saturated heterocycles. The first-order valence-corrected chi connectivity index (χ1v) is 6.98. The van der Waals surface area contributed by atoms with E-state index in [0.717, 1.165) is 21.6 Å². The average Bonchev–Trinajstić information content (AvgIpc) is 2.21. The molecule has 0 fully saturated rings. The van der Waals surface area contributed by atoms with Gasteiger partial charge in [-0.2, -0.15) is 0 Å². The maximum Gasteiger partial charge on any atom is 0.317 e. The summed E-state index contributed by atoms with van der Waals surface area (Å²) in [6, 6.07) is 0. The predicted octanol–water partition coefficient (Wildman–Crippen LogP) is -0.0282. The van der Waals surface area contributed by atoms with Gasteiger partial charge in [0.25, 0.3) is 0 Å². The largest absolute Gasteiger partial charge is 0.480 e. The highest BCUT2D eigenvalue weighted by atomic mass is 33.1. The smallest absolute Gasteiger partial charge is 0.317 e. The maximum absolute atomic E-state index is 10.8. The molecule has 2 atom stereocenters. The third-order valence-electron chi connectivity index (χ3n) is 1.70. The van der Waals surface area contributed by atoms with E-state index in [0.29, 0.717) is 12.8 Å². The first-order chi connectivity index (χ1) is 7.52. The molecule has 8 heteroatoms. The molecule has 6 N–H and O–H groups in total. The van der Waals surface area contributed by atoms with Crippen LogP contribution in [0.25, 0.3) is 0 Å². The Morgan fingerprint density at radius 3 is 1.44 bits per heavy atom. The van der Waals surface area contributed by atoms with Gasteiger partial charge >= 0.3 is 11.9 Å². The van der Waals surface area contributed by atoms with Gasteiger partial charge < -0.3 is 21.7 Å².